The third kappa shape index (κ3) is 2.60. The fourth-order valence-corrected chi connectivity index (χ4v) is 5.39. The van der Waals surface area contributed by atoms with Crippen LogP contribution in [0.25, 0.3) is 10.9 Å². The highest BCUT2D eigenvalue weighted by Gasteiger charge is 2.44. The molecule has 4 rings (SSSR count). The molecule has 1 aromatic heterocycles. The second kappa shape index (κ2) is 6.47. The molecule has 3 heterocycles. The van der Waals surface area contributed by atoms with Gasteiger partial charge in [0.05, 0.1) is 33.9 Å². The van der Waals surface area contributed by atoms with Crippen LogP contribution in [0.4, 0.5) is 20.3 Å². The van der Waals surface area contributed by atoms with Crippen LogP contribution in [-0.4, -0.2) is 49.0 Å². The third-order valence-electron chi connectivity index (χ3n) is 5.18. The number of halogens is 4. The van der Waals surface area contributed by atoms with Crippen LogP contribution in [0, 0.1) is 18.6 Å². The van der Waals surface area contributed by atoms with Crippen molar-refractivity contribution in [1.29, 1.82) is 0 Å². The molecular formula is C16H15F2I2N5O2. The van der Waals surface area contributed by atoms with Crippen LogP contribution in [0.3, 0.4) is 0 Å². The van der Waals surface area contributed by atoms with E-state index in [1.54, 1.807) is 27.8 Å². The van der Waals surface area contributed by atoms with E-state index < -0.39 is 23.4 Å². The monoisotopic (exact) mass is 601 g/mol. The Morgan fingerprint density at radius 3 is 2.48 bits per heavy atom. The predicted molar refractivity (Wildman–Crippen MR) is 115 cm³/mol. The molecule has 0 spiro atoms. The fraction of sp³-hybridized carbons (Fsp3) is 0.438. The first-order valence-electron chi connectivity index (χ1n) is 8.22. The number of benzene rings is 1. The van der Waals surface area contributed by atoms with Gasteiger partial charge in [0.2, 0.25) is 0 Å². The van der Waals surface area contributed by atoms with Crippen LogP contribution >= 0.6 is 45.7 Å². The van der Waals surface area contributed by atoms with Crippen molar-refractivity contribution in [2.24, 2.45) is 0 Å². The standard InChI is InChI=1S/C16H15F2I2N5O2/c1-6-4-23(19)5-8-15(26)22(3)12-9-13(11(18)7(2)10(12)17)25(20)16(27)21-14(9)24(6)8/h6,8H,4-5H2,1-3H3. The molecule has 2 atom stereocenters. The zero-order valence-corrected chi connectivity index (χ0v) is 18.9. The van der Waals surface area contributed by atoms with Crippen LogP contribution < -0.4 is 15.5 Å². The highest BCUT2D eigenvalue weighted by Crippen LogP contribution is 2.43. The second-order valence-corrected chi connectivity index (χ2v) is 9.15. The maximum absolute atomic E-state index is 15.1. The van der Waals surface area contributed by atoms with Crippen LogP contribution in [0.15, 0.2) is 4.79 Å². The molecule has 0 bridgehead atoms. The molecule has 1 saturated heterocycles. The van der Waals surface area contributed by atoms with Crippen molar-refractivity contribution in [2.45, 2.75) is 25.9 Å². The molecule has 0 N–H and O–H groups in total. The summed E-state index contributed by atoms with van der Waals surface area (Å²) in [4.78, 5) is 32.7. The minimum Gasteiger partial charge on any atom is -0.338 e. The summed E-state index contributed by atoms with van der Waals surface area (Å²) in [6.07, 6.45) is 0. The quantitative estimate of drug-likeness (QED) is 0.343. The Balaban J connectivity index is 2.21. The fourth-order valence-electron chi connectivity index (χ4n) is 3.89. The molecule has 0 saturated carbocycles. The minimum absolute atomic E-state index is 0.0385. The lowest BCUT2D eigenvalue weighted by atomic mass is 10.1. The number of anilines is 2. The van der Waals surface area contributed by atoms with Crippen molar-refractivity contribution in [3.63, 3.8) is 0 Å². The number of hydrogen-bond acceptors (Lipinski definition) is 5. The number of carbonyl (C=O) groups is 1. The van der Waals surface area contributed by atoms with Gasteiger partial charge in [-0.05, 0) is 13.8 Å². The van der Waals surface area contributed by atoms with E-state index in [1.807, 2.05) is 10.0 Å². The Morgan fingerprint density at radius 1 is 1.15 bits per heavy atom. The van der Waals surface area contributed by atoms with Crippen LogP contribution in [0.5, 0.6) is 0 Å². The Labute approximate surface area is 181 Å². The molecule has 2 aromatic rings. The third-order valence-corrected chi connectivity index (χ3v) is 6.86. The lowest BCUT2D eigenvalue weighted by Gasteiger charge is -2.43. The van der Waals surface area contributed by atoms with Crippen molar-refractivity contribution in [1.82, 2.24) is 10.9 Å². The molecule has 1 aromatic carbocycles. The van der Waals surface area contributed by atoms with Gasteiger partial charge < -0.3 is 9.80 Å². The molecule has 11 heteroatoms. The molecule has 144 valence electrons. The van der Waals surface area contributed by atoms with Crippen molar-refractivity contribution >= 4 is 74.0 Å². The summed E-state index contributed by atoms with van der Waals surface area (Å²) in [5.74, 6) is -1.79. The van der Waals surface area contributed by atoms with Gasteiger partial charge in [0.25, 0.3) is 5.91 Å². The maximum Gasteiger partial charge on any atom is 0.359 e. The molecule has 1 amide bonds. The molecule has 0 aliphatic carbocycles. The van der Waals surface area contributed by atoms with Gasteiger partial charge in [-0.25, -0.2) is 19.5 Å². The number of aromatic nitrogens is 2. The summed E-state index contributed by atoms with van der Waals surface area (Å²) >= 11 is 3.80. The second-order valence-electron chi connectivity index (χ2n) is 6.82. The molecule has 2 aliphatic heterocycles. The molecule has 2 aliphatic rings. The summed E-state index contributed by atoms with van der Waals surface area (Å²) < 4.78 is 33.1. The van der Waals surface area contributed by atoms with E-state index in [0.29, 0.717) is 13.1 Å². The molecule has 2 unspecified atom stereocenters. The average molecular weight is 601 g/mol. The van der Waals surface area contributed by atoms with Crippen molar-refractivity contribution in [3.05, 3.63) is 27.7 Å². The first kappa shape index (κ1) is 19.2. The van der Waals surface area contributed by atoms with Crippen LogP contribution in [0.1, 0.15) is 12.5 Å². The Morgan fingerprint density at radius 2 is 1.81 bits per heavy atom. The van der Waals surface area contributed by atoms with E-state index in [4.69, 9.17) is 0 Å². The SMILES string of the molecule is Cc1c(F)c2c3c(nc(=O)n(I)c3c1F)N1C(C)CN(I)CC1C(=O)N2C. The molecule has 27 heavy (non-hydrogen) atoms. The highest BCUT2D eigenvalue weighted by atomic mass is 127. The highest BCUT2D eigenvalue weighted by molar-refractivity contribution is 14.1. The van der Waals surface area contributed by atoms with E-state index in [2.05, 4.69) is 27.8 Å². The van der Waals surface area contributed by atoms with Crippen molar-refractivity contribution < 1.29 is 13.6 Å². The number of amides is 1. The Kier molecular flexibility index (Phi) is 4.61. The summed E-state index contributed by atoms with van der Waals surface area (Å²) in [6.45, 7) is 4.21. The summed E-state index contributed by atoms with van der Waals surface area (Å²) in [7, 11) is 1.48. The predicted octanol–water partition coefficient (Wildman–Crippen LogP) is 2.39. The van der Waals surface area contributed by atoms with Gasteiger partial charge in [-0.3, -0.25) is 4.79 Å². The first-order valence-corrected chi connectivity index (χ1v) is 10.1. The lowest BCUT2D eigenvalue weighted by Crippen LogP contribution is -2.60. The summed E-state index contributed by atoms with van der Waals surface area (Å²) in [5, 5.41) is 0.150. The lowest BCUT2D eigenvalue weighted by molar-refractivity contribution is -0.120. The number of carbonyl (C=O) groups excluding carboxylic acids is 1. The van der Waals surface area contributed by atoms with E-state index in [-0.39, 0.29) is 39.9 Å². The van der Waals surface area contributed by atoms with Gasteiger partial charge >= 0.3 is 5.69 Å². The van der Waals surface area contributed by atoms with Gasteiger partial charge in [0, 0.05) is 54.6 Å². The zero-order valence-electron chi connectivity index (χ0n) is 14.6. The average Bonchev–Trinajstić information content (AvgIpc) is 2.69. The van der Waals surface area contributed by atoms with E-state index >= 15 is 4.39 Å². The smallest absolute Gasteiger partial charge is 0.338 e. The summed E-state index contributed by atoms with van der Waals surface area (Å²) in [5.41, 5.74) is -0.983. The number of piperazine rings is 1. The zero-order chi connectivity index (χ0) is 19.8. The van der Waals surface area contributed by atoms with Gasteiger partial charge in [0.1, 0.15) is 17.4 Å². The molecule has 7 nitrogen and oxygen atoms in total. The van der Waals surface area contributed by atoms with Crippen LogP contribution in [-0.2, 0) is 4.79 Å². The number of likely N-dealkylation sites (N-methyl/N-ethyl adjacent to an activating group) is 1. The normalized spacial score (nSPS) is 23.0. The van der Waals surface area contributed by atoms with Crippen molar-refractivity contribution in [3.8, 4) is 0 Å². The van der Waals surface area contributed by atoms with Gasteiger partial charge in [0.15, 0.2) is 11.6 Å². The van der Waals surface area contributed by atoms with Gasteiger partial charge in [-0.15, -0.1) is 0 Å². The Hall–Kier alpha value is -1.09. The molecular weight excluding hydrogens is 586 g/mol. The van der Waals surface area contributed by atoms with E-state index in [0.717, 1.165) is 2.78 Å². The van der Waals surface area contributed by atoms with Crippen LogP contribution in [0.2, 0.25) is 0 Å². The maximum atomic E-state index is 15.1. The topological polar surface area (TPSA) is 61.7 Å². The largest absolute Gasteiger partial charge is 0.359 e. The van der Waals surface area contributed by atoms with Crippen molar-refractivity contribution in [2.75, 3.05) is 29.9 Å². The van der Waals surface area contributed by atoms with Gasteiger partial charge in [-0.1, -0.05) is 0 Å². The Bertz CT molecular complexity index is 1060. The molecule has 1 fully saturated rings. The first-order chi connectivity index (χ1) is 12.6. The summed E-state index contributed by atoms with van der Waals surface area (Å²) in [6, 6.07) is -0.817. The number of hydrogen-bond donors (Lipinski definition) is 0. The minimum atomic E-state index is -0.819. The van der Waals surface area contributed by atoms with E-state index in [1.165, 1.54) is 18.9 Å². The molecule has 0 radical (unpaired) electrons. The van der Waals surface area contributed by atoms with E-state index in [9.17, 15) is 14.0 Å². The van der Waals surface area contributed by atoms with Gasteiger partial charge in [-0.2, -0.15) is 4.98 Å². The number of fused-ring (bicyclic) bond motifs is 2. The number of rotatable bonds is 0. The number of nitrogens with zero attached hydrogens (tertiary/aromatic N) is 5.